The van der Waals surface area contributed by atoms with Crippen LogP contribution < -0.4 is 5.32 Å². The Labute approximate surface area is 155 Å². The average Bonchev–Trinajstić information content (AvgIpc) is 2.66. The fourth-order valence-corrected chi connectivity index (χ4v) is 2.70. The van der Waals surface area contributed by atoms with Crippen LogP contribution in [0.15, 0.2) is 48.5 Å². The van der Waals surface area contributed by atoms with Crippen molar-refractivity contribution in [3.05, 3.63) is 75.6 Å². The van der Waals surface area contributed by atoms with E-state index in [1.807, 2.05) is 0 Å². The second-order valence-corrected chi connectivity index (χ2v) is 5.97. The summed E-state index contributed by atoms with van der Waals surface area (Å²) >= 11 is 0. The largest absolute Gasteiger partial charge is 0.357 e. The van der Waals surface area contributed by atoms with Crippen LogP contribution in [0.25, 0.3) is 0 Å². The van der Waals surface area contributed by atoms with E-state index in [4.69, 9.17) is 0 Å². The Morgan fingerprint density at radius 1 is 1.15 bits per heavy atom. The van der Waals surface area contributed by atoms with E-state index < -0.39 is 28.6 Å². The normalized spacial score (nSPS) is 11.5. The zero-order chi connectivity index (χ0) is 20.0. The number of hydrogen-bond donors (Lipinski definition) is 1. The molecule has 0 aliphatic rings. The number of nitrogens with zero attached hydrogens (tertiary/aromatic N) is 2. The molecular weight excluding hydrogens is 353 g/mol. The van der Waals surface area contributed by atoms with Gasteiger partial charge in [-0.05, 0) is 13.0 Å². The summed E-state index contributed by atoms with van der Waals surface area (Å²) in [4.78, 5) is 36.7. The van der Waals surface area contributed by atoms with Crippen molar-refractivity contribution in [3.8, 4) is 0 Å². The number of nitro benzene ring substituents is 1. The van der Waals surface area contributed by atoms with Gasteiger partial charge in [-0.25, -0.2) is 4.39 Å². The van der Waals surface area contributed by atoms with Gasteiger partial charge in [0.05, 0.1) is 11.3 Å². The van der Waals surface area contributed by atoms with Crippen molar-refractivity contribution in [2.45, 2.75) is 25.9 Å². The monoisotopic (exact) mass is 373 g/mol. The lowest BCUT2D eigenvalue weighted by molar-refractivity contribution is -0.385. The van der Waals surface area contributed by atoms with E-state index in [2.05, 4.69) is 5.32 Å². The molecule has 0 aliphatic carbocycles. The van der Waals surface area contributed by atoms with E-state index in [9.17, 15) is 24.1 Å². The topological polar surface area (TPSA) is 92.6 Å². The molecule has 142 valence electrons. The summed E-state index contributed by atoms with van der Waals surface area (Å²) in [5.41, 5.74) is 0.309. The molecule has 0 radical (unpaired) electrons. The smallest absolute Gasteiger partial charge is 0.273 e. The lowest BCUT2D eigenvalue weighted by Crippen LogP contribution is -2.47. The lowest BCUT2D eigenvalue weighted by Gasteiger charge is -2.28. The molecule has 2 aromatic carbocycles. The first-order valence-electron chi connectivity index (χ1n) is 8.32. The molecule has 0 saturated heterocycles. The minimum absolute atomic E-state index is 0.124. The molecule has 0 bridgehead atoms. The molecule has 1 N–H and O–H groups in total. The summed E-state index contributed by atoms with van der Waals surface area (Å²) in [5.74, 6) is -1.42. The minimum Gasteiger partial charge on any atom is -0.357 e. The van der Waals surface area contributed by atoms with Crippen LogP contribution >= 0.6 is 0 Å². The van der Waals surface area contributed by atoms with Crippen molar-refractivity contribution < 1.29 is 18.9 Å². The number of benzene rings is 2. The molecule has 2 aromatic rings. The standard InChI is InChI=1S/C19H20FN3O4/c1-13(19(25)21-2)22(12-15-8-3-5-9-16(15)20)18(24)11-14-7-4-6-10-17(14)23(26)27/h3-10,13H,11-12H2,1-2H3,(H,21,25)/t13-/m1/s1. The van der Waals surface area contributed by atoms with Gasteiger partial charge in [0.1, 0.15) is 11.9 Å². The number of rotatable bonds is 7. The highest BCUT2D eigenvalue weighted by atomic mass is 19.1. The van der Waals surface area contributed by atoms with E-state index >= 15 is 0 Å². The lowest BCUT2D eigenvalue weighted by atomic mass is 10.1. The molecule has 0 heterocycles. The number of para-hydroxylation sites is 1. The molecule has 27 heavy (non-hydrogen) atoms. The molecular formula is C19H20FN3O4. The summed E-state index contributed by atoms with van der Waals surface area (Å²) in [7, 11) is 1.44. The zero-order valence-corrected chi connectivity index (χ0v) is 15.0. The van der Waals surface area contributed by atoms with E-state index in [1.54, 1.807) is 12.1 Å². The first kappa shape index (κ1) is 20.0. The van der Waals surface area contributed by atoms with Crippen molar-refractivity contribution in [2.75, 3.05) is 7.05 Å². The number of carbonyl (C=O) groups is 2. The SMILES string of the molecule is CNC(=O)[C@@H](C)N(Cc1ccccc1F)C(=O)Cc1ccccc1[N+](=O)[O-]. The van der Waals surface area contributed by atoms with Gasteiger partial charge in [-0.2, -0.15) is 0 Å². The van der Waals surface area contributed by atoms with Crippen LogP contribution in [0, 0.1) is 15.9 Å². The molecule has 0 unspecified atom stereocenters. The van der Waals surface area contributed by atoms with E-state index in [1.165, 1.54) is 55.3 Å². The third-order valence-corrected chi connectivity index (χ3v) is 4.24. The molecule has 0 saturated carbocycles. The first-order valence-corrected chi connectivity index (χ1v) is 8.32. The predicted octanol–water partition coefficient (Wildman–Crippen LogP) is 2.44. The van der Waals surface area contributed by atoms with Gasteiger partial charge in [-0.3, -0.25) is 19.7 Å². The molecule has 0 aromatic heterocycles. The fourth-order valence-electron chi connectivity index (χ4n) is 2.70. The Kier molecular flexibility index (Phi) is 6.59. The van der Waals surface area contributed by atoms with Gasteiger partial charge in [0, 0.05) is 30.8 Å². The van der Waals surface area contributed by atoms with Crippen molar-refractivity contribution in [1.82, 2.24) is 10.2 Å². The summed E-state index contributed by atoms with van der Waals surface area (Å²) < 4.78 is 14.0. The van der Waals surface area contributed by atoms with Crippen LogP contribution in [0.5, 0.6) is 0 Å². The highest BCUT2D eigenvalue weighted by Gasteiger charge is 2.27. The van der Waals surface area contributed by atoms with Gasteiger partial charge in [-0.15, -0.1) is 0 Å². The predicted molar refractivity (Wildman–Crippen MR) is 97.3 cm³/mol. The van der Waals surface area contributed by atoms with Gasteiger partial charge in [-0.1, -0.05) is 36.4 Å². The summed E-state index contributed by atoms with van der Waals surface area (Å²) in [6, 6.07) is 11.0. The van der Waals surface area contributed by atoms with Crippen molar-refractivity contribution in [2.24, 2.45) is 0 Å². The second kappa shape index (κ2) is 8.88. The highest BCUT2D eigenvalue weighted by molar-refractivity contribution is 5.88. The van der Waals surface area contributed by atoms with Gasteiger partial charge in [0.2, 0.25) is 11.8 Å². The Morgan fingerprint density at radius 2 is 1.74 bits per heavy atom. The highest BCUT2D eigenvalue weighted by Crippen LogP contribution is 2.20. The molecule has 7 nitrogen and oxygen atoms in total. The van der Waals surface area contributed by atoms with E-state index in [0.29, 0.717) is 0 Å². The number of carbonyl (C=O) groups excluding carboxylic acids is 2. The molecule has 2 rings (SSSR count). The third-order valence-electron chi connectivity index (χ3n) is 4.24. The Bertz CT molecular complexity index is 856. The van der Waals surface area contributed by atoms with Gasteiger partial charge in [0.15, 0.2) is 0 Å². The zero-order valence-electron chi connectivity index (χ0n) is 15.0. The summed E-state index contributed by atoms with van der Waals surface area (Å²) in [5, 5.41) is 13.6. The van der Waals surface area contributed by atoms with Gasteiger partial charge in [0.25, 0.3) is 5.69 Å². The Balaban J connectivity index is 2.32. The maximum Gasteiger partial charge on any atom is 0.273 e. The van der Waals surface area contributed by atoms with Crippen LogP contribution in [0.2, 0.25) is 0 Å². The number of likely N-dealkylation sites (N-methyl/N-ethyl adjacent to an activating group) is 1. The van der Waals surface area contributed by atoms with E-state index in [-0.39, 0.29) is 29.8 Å². The van der Waals surface area contributed by atoms with Crippen molar-refractivity contribution >= 4 is 17.5 Å². The Hall–Kier alpha value is -3.29. The number of nitro groups is 1. The van der Waals surface area contributed by atoms with Crippen LogP contribution in [0.3, 0.4) is 0 Å². The minimum atomic E-state index is -0.870. The Morgan fingerprint density at radius 3 is 2.33 bits per heavy atom. The fraction of sp³-hybridized carbons (Fsp3) is 0.263. The van der Waals surface area contributed by atoms with Crippen LogP contribution in [-0.4, -0.2) is 34.7 Å². The van der Waals surface area contributed by atoms with Crippen molar-refractivity contribution in [3.63, 3.8) is 0 Å². The van der Waals surface area contributed by atoms with Crippen LogP contribution in [0.4, 0.5) is 10.1 Å². The average molecular weight is 373 g/mol. The maximum absolute atomic E-state index is 14.0. The number of amides is 2. The number of nitrogens with one attached hydrogen (secondary N) is 1. The van der Waals surface area contributed by atoms with Gasteiger partial charge < -0.3 is 10.2 Å². The van der Waals surface area contributed by atoms with Gasteiger partial charge >= 0.3 is 0 Å². The summed E-state index contributed by atoms with van der Waals surface area (Å²) in [6.07, 6.45) is -0.271. The molecule has 0 spiro atoms. The quantitative estimate of drug-likeness (QED) is 0.596. The number of hydrogen-bond acceptors (Lipinski definition) is 4. The molecule has 1 atom stereocenters. The molecule has 8 heteroatoms. The number of halogens is 1. The second-order valence-electron chi connectivity index (χ2n) is 5.97. The van der Waals surface area contributed by atoms with Crippen molar-refractivity contribution in [1.29, 1.82) is 0 Å². The van der Waals surface area contributed by atoms with E-state index in [0.717, 1.165) is 0 Å². The third kappa shape index (κ3) is 4.87. The van der Waals surface area contributed by atoms with Crippen LogP contribution in [-0.2, 0) is 22.6 Å². The first-order chi connectivity index (χ1) is 12.8. The van der Waals surface area contributed by atoms with Crippen LogP contribution in [0.1, 0.15) is 18.1 Å². The molecule has 2 amide bonds. The molecule has 0 fully saturated rings. The summed E-state index contributed by atoms with van der Waals surface area (Å²) in [6.45, 7) is 1.40. The maximum atomic E-state index is 14.0. The molecule has 0 aliphatic heterocycles.